The van der Waals surface area contributed by atoms with Gasteiger partial charge in [0.2, 0.25) is 5.28 Å². The van der Waals surface area contributed by atoms with Crippen LogP contribution in [0.25, 0.3) is 10.2 Å². The zero-order chi connectivity index (χ0) is 13.1. The van der Waals surface area contributed by atoms with Crippen molar-refractivity contribution in [3.63, 3.8) is 0 Å². The minimum absolute atomic E-state index is 0.256. The van der Waals surface area contributed by atoms with E-state index in [1.165, 1.54) is 4.88 Å². The maximum atomic E-state index is 9.24. The van der Waals surface area contributed by atoms with Gasteiger partial charge in [0.15, 0.2) is 0 Å². The summed E-state index contributed by atoms with van der Waals surface area (Å²) < 4.78 is 0. The molecule has 98 valence electrons. The fraction of sp³-hybridized carbons (Fsp3) is 0.500. The van der Waals surface area contributed by atoms with Crippen LogP contribution in [0.1, 0.15) is 25.1 Å². The number of hydrogen-bond acceptors (Lipinski definition) is 5. The van der Waals surface area contributed by atoms with Crippen LogP contribution in [0.4, 0.5) is 5.82 Å². The second-order valence-corrected chi connectivity index (χ2v) is 5.64. The van der Waals surface area contributed by atoms with Gasteiger partial charge in [0.25, 0.3) is 0 Å². The molecule has 0 saturated heterocycles. The van der Waals surface area contributed by atoms with Crippen LogP contribution in [0.3, 0.4) is 0 Å². The second kappa shape index (κ2) is 5.82. The van der Waals surface area contributed by atoms with Crippen molar-refractivity contribution in [1.29, 1.82) is 0 Å². The Morgan fingerprint density at radius 2 is 2.28 bits per heavy atom. The fourth-order valence-corrected chi connectivity index (χ4v) is 2.84. The minimum Gasteiger partial charge on any atom is -0.393 e. The van der Waals surface area contributed by atoms with E-state index < -0.39 is 0 Å². The molecule has 2 heterocycles. The average molecular weight is 286 g/mol. The molecule has 0 aliphatic carbocycles. The summed E-state index contributed by atoms with van der Waals surface area (Å²) in [4.78, 5) is 10.6. The van der Waals surface area contributed by atoms with Gasteiger partial charge in [-0.25, -0.2) is 9.97 Å². The first-order chi connectivity index (χ1) is 8.60. The number of nitrogens with one attached hydrogen (secondary N) is 1. The Labute approximate surface area is 115 Å². The van der Waals surface area contributed by atoms with Crippen molar-refractivity contribution in [2.45, 2.75) is 32.8 Å². The van der Waals surface area contributed by atoms with E-state index in [1.54, 1.807) is 18.3 Å². The van der Waals surface area contributed by atoms with Gasteiger partial charge in [-0.15, -0.1) is 11.3 Å². The summed E-state index contributed by atoms with van der Waals surface area (Å²) in [6, 6.07) is 2.10. The molecule has 0 aliphatic rings. The summed E-state index contributed by atoms with van der Waals surface area (Å²) in [5.74, 6) is 0.751. The number of nitrogens with zero attached hydrogens (tertiary/aromatic N) is 2. The summed E-state index contributed by atoms with van der Waals surface area (Å²) in [5.41, 5.74) is 0. The van der Waals surface area contributed by atoms with Crippen molar-refractivity contribution in [3.8, 4) is 0 Å². The summed E-state index contributed by atoms with van der Waals surface area (Å²) >= 11 is 7.55. The zero-order valence-electron chi connectivity index (χ0n) is 10.4. The first kappa shape index (κ1) is 13.5. The average Bonchev–Trinajstić information content (AvgIpc) is 2.71. The highest BCUT2D eigenvalue weighted by atomic mass is 35.5. The van der Waals surface area contributed by atoms with Gasteiger partial charge in [0, 0.05) is 11.4 Å². The van der Waals surface area contributed by atoms with Crippen LogP contribution >= 0.6 is 22.9 Å². The maximum absolute atomic E-state index is 9.24. The monoisotopic (exact) mass is 285 g/mol. The number of aryl methyl sites for hydroxylation is 1. The number of rotatable bonds is 5. The number of halogens is 1. The third-order valence-corrected chi connectivity index (χ3v) is 3.96. The van der Waals surface area contributed by atoms with Crippen molar-refractivity contribution < 1.29 is 5.11 Å². The molecule has 2 aromatic rings. The molecule has 4 nitrogen and oxygen atoms in total. The molecular weight excluding hydrogens is 270 g/mol. The molecule has 0 fully saturated rings. The van der Waals surface area contributed by atoms with Crippen molar-refractivity contribution in [3.05, 3.63) is 16.2 Å². The van der Waals surface area contributed by atoms with E-state index in [2.05, 4.69) is 28.3 Å². The summed E-state index contributed by atoms with van der Waals surface area (Å²) in [7, 11) is 0. The van der Waals surface area contributed by atoms with Gasteiger partial charge >= 0.3 is 0 Å². The summed E-state index contributed by atoms with van der Waals surface area (Å²) in [6.07, 6.45) is 1.33. The number of anilines is 1. The zero-order valence-corrected chi connectivity index (χ0v) is 12.0. The van der Waals surface area contributed by atoms with E-state index in [9.17, 15) is 5.11 Å². The van der Waals surface area contributed by atoms with E-state index in [1.807, 2.05) is 0 Å². The van der Waals surface area contributed by atoms with Gasteiger partial charge in [-0.2, -0.15) is 0 Å². The van der Waals surface area contributed by atoms with Gasteiger partial charge in [-0.1, -0.05) is 6.92 Å². The van der Waals surface area contributed by atoms with Crippen molar-refractivity contribution in [2.24, 2.45) is 0 Å². The Hall–Kier alpha value is -0.910. The van der Waals surface area contributed by atoms with Crippen molar-refractivity contribution in [2.75, 3.05) is 11.9 Å². The first-order valence-corrected chi connectivity index (χ1v) is 7.17. The number of aliphatic hydroxyl groups is 1. The standard InChI is InChI=1S/C12H16ClN3OS/c1-3-8-6-9-10(14-5-4-7(2)17)15-12(13)16-11(9)18-8/h6-7,17H,3-5H2,1-2H3,(H,14,15,16). The Kier molecular flexibility index (Phi) is 4.37. The molecule has 0 aromatic carbocycles. The smallest absolute Gasteiger partial charge is 0.225 e. The molecule has 18 heavy (non-hydrogen) atoms. The number of hydrogen-bond donors (Lipinski definition) is 2. The number of thiophene rings is 1. The normalized spacial score (nSPS) is 12.9. The summed E-state index contributed by atoms with van der Waals surface area (Å²) in [6.45, 7) is 4.54. The Bertz CT molecular complexity index is 541. The van der Waals surface area contributed by atoms with Crippen molar-refractivity contribution >= 4 is 39.0 Å². The third-order valence-electron chi connectivity index (χ3n) is 2.62. The molecule has 0 bridgehead atoms. The van der Waals surface area contributed by atoms with Gasteiger partial charge in [-0.3, -0.25) is 0 Å². The molecule has 1 unspecified atom stereocenters. The predicted molar refractivity (Wildman–Crippen MR) is 76.6 cm³/mol. The van der Waals surface area contributed by atoms with Crippen LogP contribution in [0.5, 0.6) is 0 Å². The Morgan fingerprint density at radius 3 is 2.94 bits per heavy atom. The largest absolute Gasteiger partial charge is 0.393 e. The van der Waals surface area contributed by atoms with Crippen LogP contribution in [0, 0.1) is 0 Å². The molecule has 0 saturated carbocycles. The molecule has 0 amide bonds. The lowest BCUT2D eigenvalue weighted by atomic mass is 10.2. The van der Waals surface area contributed by atoms with Crippen LogP contribution < -0.4 is 5.32 Å². The second-order valence-electron chi connectivity index (χ2n) is 4.19. The molecule has 6 heteroatoms. The van der Waals surface area contributed by atoms with E-state index in [-0.39, 0.29) is 11.4 Å². The number of aromatic nitrogens is 2. The minimum atomic E-state index is -0.320. The van der Waals surface area contributed by atoms with Gasteiger partial charge in [-0.05, 0) is 37.4 Å². The van der Waals surface area contributed by atoms with E-state index in [0.29, 0.717) is 13.0 Å². The van der Waals surface area contributed by atoms with Gasteiger partial charge in [0.1, 0.15) is 10.6 Å². The van der Waals surface area contributed by atoms with Crippen LogP contribution in [-0.2, 0) is 6.42 Å². The highest BCUT2D eigenvalue weighted by molar-refractivity contribution is 7.18. The predicted octanol–water partition coefficient (Wildman–Crippen LogP) is 3.09. The lowest BCUT2D eigenvalue weighted by molar-refractivity contribution is 0.188. The molecule has 0 aliphatic heterocycles. The topological polar surface area (TPSA) is 58.0 Å². The Balaban J connectivity index is 2.27. The lowest BCUT2D eigenvalue weighted by Crippen LogP contribution is -2.10. The fourth-order valence-electron chi connectivity index (χ4n) is 1.65. The van der Waals surface area contributed by atoms with Crippen LogP contribution in [0.15, 0.2) is 6.07 Å². The highest BCUT2D eigenvalue weighted by Gasteiger charge is 2.10. The molecule has 0 radical (unpaired) electrons. The molecule has 0 spiro atoms. The quantitative estimate of drug-likeness (QED) is 0.829. The van der Waals surface area contributed by atoms with Crippen LogP contribution in [0.2, 0.25) is 5.28 Å². The molecule has 2 N–H and O–H groups in total. The van der Waals surface area contributed by atoms with Crippen molar-refractivity contribution in [1.82, 2.24) is 9.97 Å². The molecule has 1 atom stereocenters. The van der Waals surface area contributed by atoms with E-state index >= 15 is 0 Å². The molecule has 2 aromatic heterocycles. The van der Waals surface area contributed by atoms with E-state index in [4.69, 9.17) is 11.6 Å². The Morgan fingerprint density at radius 1 is 1.50 bits per heavy atom. The SMILES string of the molecule is CCc1cc2c(NCCC(C)O)nc(Cl)nc2s1. The number of aliphatic hydroxyl groups excluding tert-OH is 1. The summed E-state index contributed by atoms with van der Waals surface area (Å²) in [5, 5.41) is 13.7. The van der Waals surface area contributed by atoms with Gasteiger partial charge < -0.3 is 10.4 Å². The molecular formula is C12H16ClN3OS. The molecule has 2 rings (SSSR count). The maximum Gasteiger partial charge on any atom is 0.225 e. The van der Waals surface area contributed by atoms with Gasteiger partial charge in [0.05, 0.1) is 11.5 Å². The first-order valence-electron chi connectivity index (χ1n) is 5.98. The third kappa shape index (κ3) is 3.10. The lowest BCUT2D eigenvalue weighted by Gasteiger charge is -2.08. The van der Waals surface area contributed by atoms with Crippen LogP contribution in [-0.4, -0.2) is 27.7 Å². The number of fused-ring (bicyclic) bond motifs is 1. The highest BCUT2D eigenvalue weighted by Crippen LogP contribution is 2.30. The van der Waals surface area contributed by atoms with E-state index in [0.717, 1.165) is 22.5 Å².